The van der Waals surface area contributed by atoms with Gasteiger partial charge in [0, 0.05) is 11.5 Å². The Labute approximate surface area is 66.9 Å². The fourth-order valence-electron chi connectivity index (χ4n) is 0.478. The summed E-state index contributed by atoms with van der Waals surface area (Å²) in [6.07, 6.45) is 4.07. The number of rotatable bonds is 5. The Hall–Kier alpha value is 0.0200. The van der Waals surface area contributed by atoms with Gasteiger partial charge in [-0.25, -0.2) is 4.39 Å². The van der Waals surface area contributed by atoms with Crippen molar-refractivity contribution in [3.05, 3.63) is 12.2 Å². The third-order valence-electron chi connectivity index (χ3n) is 1.19. The van der Waals surface area contributed by atoms with Crippen molar-refractivity contribution in [2.45, 2.75) is 26.4 Å². The lowest BCUT2D eigenvalue weighted by Gasteiger charge is -2.01. The van der Waals surface area contributed by atoms with Crippen molar-refractivity contribution in [1.82, 2.24) is 0 Å². The number of alkyl halides is 1. The Morgan fingerprint density at radius 3 is 2.80 bits per heavy atom. The molecule has 0 aromatic heterocycles. The summed E-state index contributed by atoms with van der Waals surface area (Å²) >= 11 is 1.65. The Morgan fingerprint density at radius 1 is 1.60 bits per heavy atom. The second kappa shape index (κ2) is 7.13. The molecule has 0 aromatic rings. The predicted molar refractivity (Wildman–Crippen MR) is 47.3 cm³/mol. The van der Waals surface area contributed by atoms with Gasteiger partial charge < -0.3 is 0 Å². The highest BCUT2D eigenvalue weighted by Gasteiger charge is 2.00. The molecule has 0 saturated carbocycles. The lowest BCUT2D eigenvalue weighted by molar-refractivity contribution is 0.359. The van der Waals surface area contributed by atoms with Crippen LogP contribution in [0.3, 0.4) is 0 Å². The number of hydrogen-bond acceptors (Lipinski definition) is 1. The summed E-state index contributed by atoms with van der Waals surface area (Å²) in [6, 6.07) is 0. The minimum Gasteiger partial charge on any atom is -0.247 e. The van der Waals surface area contributed by atoms with E-state index in [1.54, 1.807) is 11.8 Å². The molecule has 2 heteroatoms. The van der Waals surface area contributed by atoms with Gasteiger partial charge in [-0.1, -0.05) is 19.1 Å². The van der Waals surface area contributed by atoms with Gasteiger partial charge in [-0.3, -0.25) is 0 Å². The predicted octanol–water partition coefficient (Wildman–Crippen LogP) is 3.04. The molecule has 0 rings (SSSR count). The van der Waals surface area contributed by atoms with Crippen molar-refractivity contribution in [3.63, 3.8) is 0 Å². The van der Waals surface area contributed by atoms with Gasteiger partial charge in [-0.05, 0) is 13.3 Å². The van der Waals surface area contributed by atoms with Crippen molar-refractivity contribution < 1.29 is 4.39 Å². The van der Waals surface area contributed by atoms with Crippen LogP contribution in [0.2, 0.25) is 0 Å². The fraction of sp³-hybridized carbons (Fsp3) is 0.750. The van der Waals surface area contributed by atoms with E-state index in [4.69, 9.17) is 0 Å². The molecule has 0 aromatic carbocycles. The van der Waals surface area contributed by atoms with Crippen LogP contribution in [0.5, 0.6) is 0 Å². The first kappa shape index (κ1) is 10.0. The maximum Gasteiger partial charge on any atom is 0.109 e. The molecule has 0 aliphatic heterocycles. The highest BCUT2D eigenvalue weighted by atomic mass is 32.2. The summed E-state index contributed by atoms with van der Waals surface area (Å²) in [4.78, 5) is 0. The van der Waals surface area contributed by atoms with Gasteiger partial charge in [0.05, 0.1) is 0 Å². The summed E-state index contributed by atoms with van der Waals surface area (Å²) in [5, 5.41) is 0. The van der Waals surface area contributed by atoms with Crippen molar-refractivity contribution in [2.24, 2.45) is 0 Å². The third kappa shape index (κ3) is 6.14. The van der Waals surface area contributed by atoms with Crippen LogP contribution >= 0.6 is 11.8 Å². The maximum absolute atomic E-state index is 12.5. The van der Waals surface area contributed by atoms with Gasteiger partial charge in [0.15, 0.2) is 0 Å². The SMILES string of the molecule is C/C=C/CSCC(F)CC. The Balaban J connectivity index is 3.03. The van der Waals surface area contributed by atoms with Gasteiger partial charge in [0.1, 0.15) is 6.17 Å². The molecule has 0 amide bonds. The third-order valence-corrected chi connectivity index (χ3v) is 2.22. The first-order valence-corrected chi connectivity index (χ1v) is 4.79. The monoisotopic (exact) mass is 162 g/mol. The molecule has 0 radical (unpaired) electrons. The number of allylic oxidation sites excluding steroid dienone is 1. The molecule has 1 atom stereocenters. The highest BCUT2D eigenvalue weighted by molar-refractivity contribution is 7.99. The molecule has 60 valence electrons. The van der Waals surface area contributed by atoms with Crippen LogP contribution in [-0.2, 0) is 0 Å². The van der Waals surface area contributed by atoms with Crippen LogP contribution < -0.4 is 0 Å². The van der Waals surface area contributed by atoms with Crippen molar-refractivity contribution in [1.29, 1.82) is 0 Å². The van der Waals surface area contributed by atoms with E-state index >= 15 is 0 Å². The molecule has 10 heavy (non-hydrogen) atoms. The van der Waals surface area contributed by atoms with Crippen molar-refractivity contribution in [2.75, 3.05) is 11.5 Å². The number of halogens is 1. The number of hydrogen-bond donors (Lipinski definition) is 0. The number of thioether (sulfide) groups is 1. The molecule has 0 aliphatic carbocycles. The van der Waals surface area contributed by atoms with Crippen LogP contribution in [0.25, 0.3) is 0 Å². The van der Waals surface area contributed by atoms with Gasteiger partial charge in [0.2, 0.25) is 0 Å². The second-order valence-corrected chi connectivity index (χ2v) is 3.19. The molecule has 0 spiro atoms. The molecular weight excluding hydrogens is 147 g/mol. The van der Waals surface area contributed by atoms with E-state index in [1.165, 1.54) is 0 Å². The van der Waals surface area contributed by atoms with Gasteiger partial charge in [-0.15, -0.1) is 0 Å². The minimum absolute atomic E-state index is 0.616. The summed E-state index contributed by atoms with van der Waals surface area (Å²) in [5.74, 6) is 1.58. The molecular formula is C8H15FS. The van der Waals surface area contributed by atoms with Crippen LogP contribution in [-0.4, -0.2) is 17.7 Å². The molecule has 0 saturated heterocycles. The topological polar surface area (TPSA) is 0 Å². The molecule has 0 heterocycles. The lowest BCUT2D eigenvalue weighted by Crippen LogP contribution is -2.00. The smallest absolute Gasteiger partial charge is 0.109 e. The van der Waals surface area contributed by atoms with E-state index < -0.39 is 6.17 Å². The van der Waals surface area contributed by atoms with Gasteiger partial charge >= 0.3 is 0 Å². The average Bonchev–Trinajstić information content (AvgIpc) is 1.98. The molecule has 0 fully saturated rings. The Morgan fingerprint density at radius 2 is 2.30 bits per heavy atom. The van der Waals surface area contributed by atoms with E-state index in [9.17, 15) is 4.39 Å². The Kier molecular flexibility index (Phi) is 7.15. The average molecular weight is 162 g/mol. The van der Waals surface area contributed by atoms with Crippen LogP contribution in [0.1, 0.15) is 20.3 Å². The second-order valence-electron chi connectivity index (χ2n) is 2.11. The zero-order valence-corrected chi connectivity index (χ0v) is 7.46. The zero-order chi connectivity index (χ0) is 7.82. The summed E-state index contributed by atoms with van der Waals surface area (Å²) in [7, 11) is 0. The van der Waals surface area contributed by atoms with E-state index in [0.29, 0.717) is 12.2 Å². The van der Waals surface area contributed by atoms with Crippen molar-refractivity contribution in [3.8, 4) is 0 Å². The van der Waals surface area contributed by atoms with E-state index in [2.05, 4.69) is 0 Å². The normalized spacial score (nSPS) is 14.3. The zero-order valence-electron chi connectivity index (χ0n) is 6.64. The van der Waals surface area contributed by atoms with Crippen LogP contribution in [0, 0.1) is 0 Å². The lowest BCUT2D eigenvalue weighted by atomic mass is 10.3. The standard InChI is InChI=1S/C8H15FS/c1-3-5-6-10-7-8(9)4-2/h3,5,8H,4,6-7H2,1-2H3/b5-3+. The maximum atomic E-state index is 12.5. The fourth-order valence-corrected chi connectivity index (χ4v) is 1.43. The summed E-state index contributed by atoms with van der Waals surface area (Å²) in [5.41, 5.74) is 0. The van der Waals surface area contributed by atoms with Gasteiger partial charge in [0.25, 0.3) is 0 Å². The highest BCUT2D eigenvalue weighted by Crippen LogP contribution is 2.08. The molecule has 0 nitrogen and oxygen atoms in total. The van der Waals surface area contributed by atoms with Crippen molar-refractivity contribution >= 4 is 11.8 Å². The first-order chi connectivity index (χ1) is 4.81. The van der Waals surface area contributed by atoms with Crippen LogP contribution in [0.4, 0.5) is 4.39 Å². The van der Waals surface area contributed by atoms with E-state index in [1.807, 2.05) is 26.0 Å². The minimum atomic E-state index is -0.616. The molecule has 0 aliphatic rings. The molecule has 0 bridgehead atoms. The van der Waals surface area contributed by atoms with E-state index in [0.717, 1.165) is 5.75 Å². The first-order valence-electron chi connectivity index (χ1n) is 3.64. The van der Waals surface area contributed by atoms with Crippen LogP contribution in [0.15, 0.2) is 12.2 Å². The van der Waals surface area contributed by atoms with E-state index in [-0.39, 0.29) is 0 Å². The Bertz CT molecular complexity index is 91.3. The summed E-state index contributed by atoms with van der Waals surface area (Å²) in [6.45, 7) is 3.86. The molecule has 0 N–H and O–H groups in total. The quantitative estimate of drug-likeness (QED) is 0.442. The van der Waals surface area contributed by atoms with Gasteiger partial charge in [-0.2, -0.15) is 11.8 Å². The molecule has 1 unspecified atom stereocenters. The summed E-state index contributed by atoms with van der Waals surface area (Å²) < 4.78 is 12.5. The largest absolute Gasteiger partial charge is 0.247 e.